The van der Waals surface area contributed by atoms with E-state index in [1.165, 1.54) is 0 Å². The van der Waals surface area contributed by atoms with Gasteiger partial charge in [-0.2, -0.15) is 0 Å². The molecule has 1 aliphatic rings. The highest BCUT2D eigenvalue weighted by Crippen LogP contribution is 2.41. The molecule has 1 heterocycles. The van der Waals surface area contributed by atoms with E-state index in [9.17, 15) is 4.79 Å². The number of carbonyl (C=O) groups is 1. The van der Waals surface area contributed by atoms with E-state index in [-0.39, 0.29) is 5.41 Å². The zero-order valence-electron chi connectivity index (χ0n) is 9.12. The highest BCUT2D eigenvalue weighted by atomic mass is 16.5. The smallest absolute Gasteiger partial charge is 0.140 e. The molecule has 1 atom stereocenters. The predicted octanol–water partition coefficient (Wildman–Crippen LogP) is 2.10. The SMILES string of the molecule is COc1cccnc1C1(C)CCC(=O)C1. The van der Waals surface area contributed by atoms with E-state index in [1.54, 1.807) is 13.3 Å². The van der Waals surface area contributed by atoms with Gasteiger partial charge in [-0.1, -0.05) is 6.92 Å². The molecular weight excluding hydrogens is 190 g/mol. The molecule has 1 aliphatic carbocycles. The predicted molar refractivity (Wildman–Crippen MR) is 57.0 cm³/mol. The monoisotopic (exact) mass is 205 g/mol. The molecular formula is C12H15NO2. The molecule has 0 spiro atoms. The fourth-order valence-electron chi connectivity index (χ4n) is 2.24. The largest absolute Gasteiger partial charge is 0.495 e. The molecule has 0 bridgehead atoms. The van der Waals surface area contributed by atoms with E-state index in [0.29, 0.717) is 18.6 Å². The van der Waals surface area contributed by atoms with Crippen molar-refractivity contribution >= 4 is 5.78 Å². The molecule has 80 valence electrons. The third-order valence-corrected chi connectivity index (χ3v) is 3.11. The molecule has 0 saturated heterocycles. The average Bonchev–Trinajstić information content (AvgIpc) is 2.60. The van der Waals surface area contributed by atoms with Gasteiger partial charge in [0, 0.05) is 24.5 Å². The molecule has 3 nitrogen and oxygen atoms in total. The highest BCUT2D eigenvalue weighted by molar-refractivity contribution is 5.82. The van der Waals surface area contributed by atoms with Crippen LogP contribution in [0.3, 0.4) is 0 Å². The standard InChI is InChI=1S/C12H15NO2/c1-12(6-5-9(14)8-12)11-10(15-2)4-3-7-13-11/h3-4,7H,5-6,8H2,1-2H3. The van der Waals surface area contributed by atoms with Crippen LogP contribution in [-0.2, 0) is 10.2 Å². The number of nitrogens with zero attached hydrogens (tertiary/aromatic N) is 1. The van der Waals surface area contributed by atoms with Gasteiger partial charge in [-0.05, 0) is 18.6 Å². The Hall–Kier alpha value is -1.38. The Morgan fingerprint density at radius 3 is 2.93 bits per heavy atom. The van der Waals surface area contributed by atoms with Crippen molar-refractivity contribution in [1.82, 2.24) is 4.98 Å². The molecule has 15 heavy (non-hydrogen) atoms. The summed E-state index contributed by atoms with van der Waals surface area (Å²) < 4.78 is 5.28. The lowest BCUT2D eigenvalue weighted by atomic mass is 9.84. The Kier molecular flexibility index (Phi) is 2.47. The summed E-state index contributed by atoms with van der Waals surface area (Å²) in [5.74, 6) is 1.11. The molecule has 0 amide bonds. The van der Waals surface area contributed by atoms with Gasteiger partial charge in [-0.25, -0.2) is 0 Å². The number of hydrogen-bond acceptors (Lipinski definition) is 3. The third-order valence-electron chi connectivity index (χ3n) is 3.11. The normalized spacial score (nSPS) is 25.6. The fourth-order valence-corrected chi connectivity index (χ4v) is 2.24. The van der Waals surface area contributed by atoms with Crippen molar-refractivity contribution in [2.75, 3.05) is 7.11 Å². The number of aromatic nitrogens is 1. The Morgan fingerprint density at radius 2 is 2.33 bits per heavy atom. The molecule has 1 unspecified atom stereocenters. The van der Waals surface area contributed by atoms with E-state index in [0.717, 1.165) is 17.9 Å². The number of hydrogen-bond donors (Lipinski definition) is 0. The van der Waals surface area contributed by atoms with Crippen molar-refractivity contribution in [1.29, 1.82) is 0 Å². The Bertz CT molecular complexity index is 389. The third kappa shape index (κ3) is 1.74. The van der Waals surface area contributed by atoms with E-state index in [1.807, 2.05) is 12.1 Å². The first-order valence-electron chi connectivity index (χ1n) is 5.17. The van der Waals surface area contributed by atoms with E-state index in [2.05, 4.69) is 11.9 Å². The number of pyridine rings is 1. The summed E-state index contributed by atoms with van der Waals surface area (Å²) in [6.07, 6.45) is 3.88. The topological polar surface area (TPSA) is 39.2 Å². The van der Waals surface area contributed by atoms with Gasteiger partial charge in [0.2, 0.25) is 0 Å². The van der Waals surface area contributed by atoms with Crippen LogP contribution in [0.5, 0.6) is 5.75 Å². The molecule has 1 saturated carbocycles. The lowest BCUT2D eigenvalue weighted by Crippen LogP contribution is -2.20. The maximum atomic E-state index is 11.4. The van der Waals surface area contributed by atoms with Gasteiger partial charge in [0.05, 0.1) is 12.8 Å². The summed E-state index contributed by atoms with van der Waals surface area (Å²) in [6.45, 7) is 2.09. The molecule has 2 rings (SSSR count). The van der Waals surface area contributed by atoms with E-state index >= 15 is 0 Å². The number of methoxy groups -OCH3 is 1. The van der Waals surface area contributed by atoms with Crippen LogP contribution < -0.4 is 4.74 Å². The van der Waals surface area contributed by atoms with Gasteiger partial charge >= 0.3 is 0 Å². The average molecular weight is 205 g/mol. The number of Topliss-reactive ketones (excluding diaryl/α,β-unsaturated/α-hetero) is 1. The maximum Gasteiger partial charge on any atom is 0.140 e. The first kappa shape index (κ1) is 10.1. The highest BCUT2D eigenvalue weighted by Gasteiger charge is 2.38. The molecule has 1 fully saturated rings. The lowest BCUT2D eigenvalue weighted by molar-refractivity contribution is -0.117. The minimum Gasteiger partial charge on any atom is -0.495 e. The molecule has 0 aromatic carbocycles. The van der Waals surface area contributed by atoms with E-state index in [4.69, 9.17) is 4.74 Å². The minimum absolute atomic E-state index is 0.135. The number of ketones is 1. The van der Waals surface area contributed by atoms with Crippen LogP contribution in [0.4, 0.5) is 0 Å². The molecule has 3 heteroatoms. The van der Waals surface area contributed by atoms with Crippen molar-refractivity contribution in [2.24, 2.45) is 0 Å². The molecule has 0 N–H and O–H groups in total. The Morgan fingerprint density at radius 1 is 1.53 bits per heavy atom. The number of ether oxygens (including phenoxy) is 1. The van der Waals surface area contributed by atoms with Crippen molar-refractivity contribution in [3.8, 4) is 5.75 Å². The van der Waals surface area contributed by atoms with Crippen LogP contribution in [0, 0.1) is 0 Å². The second-order valence-electron chi connectivity index (χ2n) is 4.33. The number of carbonyl (C=O) groups excluding carboxylic acids is 1. The van der Waals surface area contributed by atoms with Gasteiger partial charge in [0.15, 0.2) is 0 Å². The fraction of sp³-hybridized carbons (Fsp3) is 0.500. The quantitative estimate of drug-likeness (QED) is 0.742. The molecule has 1 aromatic heterocycles. The van der Waals surface area contributed by atoms with Crippen LogP contribution in [0.25, 0.3) is 0 Å². The van der Waals surface area contributed by atoms with Crippen LogP contribution in [0.15, 0.2) is 18.3 Å². The summed E-state index contributed by atoms with van der Waals surface area (Å²) in [6, 6.07) is 3.75. The summed E-state index contributed by atoms with van der Waals surface area (Å²) in [5, 5.41) is 0. The van der Waals surface area contributed by atoms with Crippen LogP contribution in [0.1, 0.15) is 31.9 Å². The lowest BCUT2D eigenvalue weighted by Gasteiger charge is -2.23. The Balaban J connectivity index is 2.40. The van der Waals surface area contributed by atoms with Crippen LogP contribution in [0.2, 0.25) is 0 Å². The second kappa shape index (κ2) is 3.65. The first-order chi connectivity index (χ1) is 7.15. The number of rotatable bonds is 2. The zero-order valence-corrected chi connectivity index (χ0v) is 9.12. The van der Waals surface area contributed by atoms with Crippen LogP contribution >= 0.6 is 0 Å². The first-order valence-corrected chi connectivity index (χ1v) is 5.17. The second-order valence-corrected chi connectivity index (χ2v) is 4.33. The summed E-state index contributed by atoms with van der Waals surface area (Å²) in [5.41, 5.74) is 0.780. The van der Waals surface area contributed by atoms with Gasteiger partial charge in [0.25, 0.3) is 0 Å². The van der Waals surface area contributed by atoms with Gasteiger partial charge in [-0.3, -0.25) is 9.78 Å². The van der Waals surface area contributed by atoms with Crippen molar-refractivity contribution in [3.63, 3.8) is 0 Å². The van der Waals surface area contributed by atoms with Gasteiger partial charge < -0.3 is 4.74 Å². The molecule has 0 aliphatic heterocycles. The van der Waals surface area contributed by atoms with Gasteiger partial charge in [-0.15, -0.1) is 0 Å². The Labute approximate surface area is 89.5 Å². The maximum absolute atomic E-state index is 11.4. The summed E-state index contributed by atoms with van der Waals surface area (Å²) in [7, 11) is 1.64. The van der Waals surface area contributed by atoms with Crippen molar-refractivity contribution in [3.05, 3.63) is 24.0 Å². The molecule has 0 radical (unpaired) electrons. The van der Waals surface area contributed by atoms with Crippen LogP contribution in [-0.4, -0.2) is 17.9 Å². The zero-order chi connectivity index (χ0) is 10.9. The minimum atomic E-state index is -0.135. The van der Waals surface area contributed by atoms with Gasteiger partial charge in [0.1, 0.15) is 11.5 Å². The van der Waals surface area contributed by atoms with Crippen molar-refractivity contribution in [2.45, 2.75) is 31.6 Å². The molecule has 1 aromatic rings. The summed E-state index contributed by atoms with van der Waals surface area (Å²) in [4.78, 5) is 15.7. The van der Waals surface area contributed by atoms with Crippen molar-refractivity contribution < 1.29 is 9.53 Å². The summed E-state index contributed by atoms with van der Waals surface area (Å²) >= 11 is 0. The van der Waals surface area contributed by atoms with E-state index < -0.39 is 0 Å².